The second-order valence-corrected chi connectivity index (χ2v) is 5.70. The lowest BCUT2D eigenvalue weighted by molar-refractivity contribution is 0.101. The molecule has 5 heteroatoms. The van der Waals surface area contributed by atoms with Crippen LogP contribution >= 0.6 is 0 Å². The van der Waals surface area contributed by atoms with Crippen molar-refractivity contribution in [1.82, 2.24) is 9.55 Å². The Morgan fingerprint density at radius 2 is 1.74 bits per heavy atom. The number of imidazole rings is 1. The van der Waals surface area contributed by atoms with Crippen molar-refractivity contribution in [2.75, 3.05) is 0 Å². The van der Waals surface area contributed by atoms with E-state index in [2.05, 4.69) is 41.6 Å². The number of nitrogens with zero attached hydrogens (tertiary/aromatic N) is 2. The second-order valence-electron chi connectivity index (χ2n) is 5.70. The maximum atomic E-state index is 12.6. The van der Waals surface area contributed by atoms with E-state index in [1.807, 2.05) is 19.9 Å². The van der Waals surface area contributed by atoms with E-state index in [-0.39, 0.29) is 5.56 Å². The molecule has 0 N–H and O–H groups in total. The van der Waals surface area contributed by atoms with Crippen molar-refractivity contribution in [3.05, 3.63) is 65.5 Å². The summed E-state index contributed by atoms with van der Waals surface area (Å²) in [6, 6.07) is 11.2. The summed E-state index contributed by atoms with van der Waals surface area (Å²) in [5, 5.41) is 0. The first-order chi connectivity index (χ1) is 13.0. The molecule has 146 valence electrons. The Bertz CT molecular complexity index is 872. The van der Waals surface area contributed by atoms with Crippen LogP contribution in [0.2, 0.25) is 0 Å². The minimum atomic E-state index is -0.682. The van der Waals surface area contributed by atoms with Gasteiger partial charge in [-0.15, -0.1) is 0 Å². The van der Waals surface area contributed by atoms with Crippen LogP contribution in [0, 0.1) is 11.6 Å². The van der Waals surface area contributed by atoms with Crippen molar-refractivity contribution >= 4 is 16.8 Å². The number of hydrogen-bond acceptors (Lipinski definition) is 2. The second kappa shape index (κ2) is 11.2. The summed E-state index contributed by atoms with van der Waals surface area (Å²) >= 11 is 0. The number of ketones is 1. The SMILES string of the molecule is CC.CC(=O)c1cc(F)ccc1F.CCCn1c(CC)nc2ccccc21. The molecule has 1 heterocycles. The quantitative estimate of drug-likeness (QED) is 0.509. The summed E-state index contributed by atoms with van der Waals surface area (Å²) < 4.78 is 27.4. The fourth-order valence-electron chi connectivity index (χ4n) is 2.64. The summed E-state index contributed by atoms with van der Waals surface area (Å²) in [6.07, 6.45) is 2.17. The monoisotopic (exact) mass is 374 g/mol. The van der Waals surface area contributed by atoms with Crippen molar-refractivity contribution in [3.63, 3.8) is 0 Å². The summed E-state index contributed by atoms with van der Waals surface area (Å²) in [6.45, 7) is 10.6. The predicted octanol–water partition coefficient (Wildman–Crippen LogP) is 6.20. The molecule has 0 atom stereocenters. The summed E-state index contributed by atoms with van der Waals surface area (Å²) in [5.41, 5.74) is 2.19. The van der Waals surface area contributed by atoms with E-state index in [4.69, 9.17) is 0 Å². The molecule has 0 fully saturated rings. The zero-order valence-corrected chi connectivity index (χ0v) is 16.7. The molecule has 0 amide bonds. The van der Waals surface area contributed by atoms with E-state index in [0.717, 1.165) is 43.1 Å². The Labute approximate surface area is 160 Å². The molecule has 1 aromatic heterocycles. The number of hydrogen-bond donors (Lipinski definition) is 0. The van der Waals surface area contributed by atoms with E-state index in [1.54, 1.807) is 0 Å². The third-order valence-electron chi connectivity index (χ3n) is 3.80. The molecule has 0 aliphatic heterocycles. The highest BCUT2D eigenvalue weighted by Crippen LogP contribution is 2.16. The van der Waals surface area contributed by atoms with E-state index >= 15 is 0 Å². The average molecular weight is 374 g/mol. The highest BCUT2D eigenvalue weighted by atomic mass is 19.1. The van der Waals surface area contributed by atoms with Crippen LogP contribution < -0.4 is 0 Å². The molecule has 27 heavy (non-hydrogen) atoms. The number of halogens is 2. The first-order valence-electron chi connectivity index (χ1n) is 9.38. The van der Waals surface area contributed by atoms with Crippen LogP contribution in [0.15, 0.2) is 42.5 Å². The van der Waals surface area contributed by atoms with Crippen LogP contribution in [-0.4, -0.2) is 15.3 Å². The van der Waals surface area contributed by atoms with Crippen molar-refractivity contribution in [1.29, 1.82) is 0 Å². The lowest BCUT2D eigenvalue weighted by atomic mass is 10.1. The Morgan fingerprint density at radius 3 is 2.30 bits per heavy atom. The standard InChI is InChI=1S/C12H16N2.C8H6F2O.C2H6/c1-3-9-14-11-8-6-5-7-10(11)13-12(14)4-2;1-5(11)7-4-6(9)2-3-8(7)10;1-2/h5-8H,3-4,9H2,1-2H3;2-4H,1H3;1-2H3. The molecule has 0 radical (unpaired) electrons. The molecule has 0 saturated carbocycles. The van der Waals surface area contributed by atoms with Crippen molar-refractivity contribution in [2.45, 2.75) is 54.0 Å². The molecule has 3 nitrogen and oxygen atoms in total. The van der Waals surface area contributed by atoms with Gasteiger partial charge in [-0.05, 0) is 43.7 Å². The van der Waals surface area contributed by atoms with Gasteiger partial charge < -0.3 is 4.57 Å². The fourth-order valence-corrected chi connectivity index (χ4v) is 2.64. The normalized spacial score (nSPS) is 9.89. The number of para-hydroxylation sites is 2. The van der Waals surface area contributed by atoms with Crippen LogP contribution in [0.3, 0.4) is 0 Å². The molecule has 0 unspecified atom stereocenters. The van der Waals surface area contributed by atoms with Crippen LogP contribution in [-0.2, 0) is 13.0 Å². The molecule has 2 aromatic carbocycles. The van der Waals surface area contributed by atoms with Gasteiger partial charge in [-0.3, -0.25) is 4.79 Å². The molecule has 3 rings (SSSR count). The number of benzene rings is 2. The van der Waals surface area contributed by atoms with Crippen LogP contribution in [0.25, 0.3) is 11.0 Å². The summed E-state index contributed by atoms with van der Waals surface area (Å²) in [4.78, 5) is 15.2. The van der Waals surface area contributed by atoms with E-state index in [1.165, 1.54) is 18.3 Å². The van der Waals surface area contributed by atoms with Crippen LogP contribution in [0.4, 0.5) is 8.78 Å². The Balaban J connectivity index is 0.000000254. The van der Waals surface area contributed by atoms with Gasteiger partial charge in [-0.2, -0.15) is 0 Å². The minimum Gasteiger partial charge on any atom is -0.328 e. The largest absolute Gasteiger partial charge is 0.328 e. The number of fused-ring (bicyclic) bond motifs is 1. The lowest BCUT2D eigenvalue weighted by Crippen LogP contribution is -2.01. The first kappa shape index (κ1) is 22.5. The maximum absolute atomic E-state index is 12.6. The van der Waals surface area contributed by atoms with Crippen LogP contribution in [0.1, 0.15) is 57.2 Å². The molecule has 0 aliphatic carbocycles. The molecule has 3 aromatic rings. The third kappa shape index (κ3) is 5.98. The van der Waals surface area contributed by atoms with Crippen molar-refractivity contribution < 1.29 is 13.6 Å². The number of aryl methyl sites for hydroxylation is 2. The highest BCUT2D eigenvalue weighted by molar-refractivity contribution is 5.94. The maximum Gasteiger partial charge on any atom is 0.162 e. The Morgan fingerprint density at radius 1 is 1.07 bits per heavy atom. The smallest absolute Gasteiger partial charge is 0.162 e. The van der Waals surface area contributed by atoms with Crippen molar-refractivity contribution in [3.8, 4) is 0 Å². The van der Waals surface area contributed by atoms with Gasteiger partial charge in [-0.25, -0.2) is 13.8 Å². The Hall–Kier alpha value is -2.56. The number of rotatable bonds is 4. The average Bonchev–Trinajstić information content (AvgIpc) is 3.04. The molecule has 0 aliphatic rings. The number of aromatic nitrogens is 2. The number of Topliss-reactive ketones (excluding diaryl/α,β-unsaturated/α-hetero) is 1. The zero-order chi connectivity index (χ0) is 20.4. The van der Waals surface area contributed by atoms with E-state index in [0.29, 0.717) is 0 Å². The van der Waals surface area contributed by atoms with Crippen LogP contribution in [0.5, 0.6) is 0 Å². The zero-order valence-electron chi connectivity index (χ0n) is 16.7. The van der Waals surface area contributed by atoms with E-state index in [9.17, 15) is 13.6 Å². The third-order valence-corrected chi connectivity index (χ3v) is 3.80. The number of carbonyl (C=O) groups excluding carboxylic acids is 1. The van der Waals surface area contributed by atoms with Gasteiger partial charge in [0.05, 0.1) is 16.6 Å². The Kier molecular flexibility index (Phi) is 9.34. The molecular formula is C22H28F2N2O. The lowest BCUT2D eigenvalue weighted by Gasteiger charge is -2.05. The van der Waals surface area contributed by atoms with Gasteiger partial charge in [0.2, 0.25) is 0 Å². The van der Waals surface area contributed by atoms with Gasteiger partial charge in [0, 0.05) is 13.0 Å². The van der Waals surface area contributed by atoms with E-state index < -0.39 is 17.4 Å². The highest BCUT2D eigenvalue weighted by Gasteiger charge is 2.07. The molecule has 0 bridgehead atoms. The minimum absolute atomic E-state index is 0.204. The molecule has 0 saturated heterocycles. The van der Waals surface area contributed by atoms with Gasteiger partial charge >= 0.3 is 0 Å². The van der Waals surface area contributed by atoms with Gasteiger partial charge in [-0.1, -0.05) is 39.8 Å². The van der Waals surface area contributed by atoms with Gasteiger partial charge in [0.25, 0.3) is 0 Å². The molecular weight excluding hydrogens is 346 g/mol. The van der Waals surface area contributed by atoms with Gasteiger partial charge in [0.15, 0.2) is 5.78 Å². The predicted molar refractivity (Wildman–Crippen MR) is 107 cm³/mol. The topological polar surface area (TPSA) is 34.9 Å². The van der Waals surface area contributed by atoms with Gasteiger partial charge in [0.1, 0.15) is 17.5 Å². The summed E-state index contributed by atoms with van der Waals surface area (Å²) in [7, 11) is 0. The first-order valence-corrected chi connectivity index (χ1v) is 9.38. The molecule has 0 spiro atoms. The fraction of sp³-hybridized carbons (Fsp3) is 0.364. The van der Waals surface area contributed by atoms with Crippen molar-refractivity contribution in [2.24, 2.45) is 0 Å². The summed E-state index contributed by atoms with van der Waals surface area (Å²) in [5.74, 6) is -0.550. The number of carbonyl (C=O) groups is 1.